The average molecular weight is 306 g/mol. The van der Waals surface area contributed by atoms with E-state index in [4.69, 9.17) is 4.98 Å². The molecule has 3 rings (SSSR count). The number of nitrogens with zero attached hydrogens (tertiary/aromatic N) is 3. The summed E-state index contributed by atoms with van der Waals surface area (Å²) in [5, 5.41) is 13.0. The van der Waals surface area contributed by atoms with Gasteiger partial charge in [-0.15, -0.1) is 0 Å². The fourth-order valence-corrected chi connectivity index (χ4v) is 3.01. The molecule has 0 unspecified atom stereocenters. The van der Waals surface area contributed by atoms with E-state index < -0.39 is 0 Å². The molecule has 1 N–H and O–H groups in total. The van der Waals surface area contributed by atoms with Gasteiger partial charge < -0.3 is 10.2 Å². The van der Waals surface area contributed by atoms with Crippen molar-refractivity contribution in [1.29, 1.82) is 5.26 Å². The minimum absolute atomic E-state index is 0.305. The van der Waals surface area contributed by atoms with Crippen LogP contribution < -0.4 is 10.2 Å². The number of nitrogens with one attached hydrogen (secondary N) is 1. The lowest BCUT2D eigenvalue weighted by molar-refractivity contribution is 0.583. The van der Waals surface area contributed by atoms with Gasteiger partial charge in [0.2, 0.25) is 0 Å². The summed E-state index contributed by atoms with van der Waals surface area (Å²) < 4.78 is 0. The monoisotopic (exact) mass is 306 g/mol. The van der Waals surface area contributed by atoms with Crippen molar-refractivity contribution in [2.75, 3.05) is 31.1 Å². The Morgan fingerprint density at radius 2 is 1.87 bits per heavy atom. The minimum Gasteiger partial charge on any atom is -0.353 e. The first-order chi connectivity index (χ1) is 11.2. The van der Waals surface area contributed by atoms with Gasteiger partial charge in [-0.2, -0.15) is 5.26 Å². The molecule has 4 nitrogen and oxygen atoms in total. The van der Waals surface area contributed by atoms with E-state index in [1.807, 2.05) is 24.3 Å². The standard InChI is InChI=1S/C19H22N4/c1-14(2)18-17(15-6-4-3-5-7-15)12-16(13-20)19(22-18)23-10-8-21-9-11-23/h3-7,12,14,21H,8-11H2,1-2H3. The first-order valence-corrected chi connectivity index (χ1v) is 8.17. The second kappa shape index (κ2) is 6.80. The zero-order valence-electron chi connectivity index (χ0n) is 13.7. The molecule has 1 aliphatic rings. The van der Waals surface area contributed by atoms with Crippen molar-refractivity contribution in [3.63, 3.8) is 0 Å². The van der Waals surface area contributed by atoms with Gasteiger partial charge in [-0.25, -0.2) is 4.98 Å². The number of anilines is 1. The lowest BCUT2D eigenvalue weighted by Gasteiger charge is -2.30. The zero-order chi connectivity index (χ0) is 16.2. The summed E-state index contributed by atoms with van der Waals surface area (Å²) in [6, 6.07) is 14.6. The third-order valence-corrected chi connectivity index (χ3v) is 4.20. The third kappa shape index (κ3) is 3.20. The van der Waals surface area contributed by atoms with Crippen LogP contribution >= 0.6 is 0 Å². The molecule has 118 valence electrons. The fraction of sp³-hybridized carbons (Fsp3) is 0.368. The summed E-state index contributed by atoms with van der Waals surface area (Å²) in [6.07, 6.45) is 0. The van der Waals surface area contributed by atoms with Gasteiger partial charge in [-0.3, -0.25) is 0 Å². The number of rotatable bonds is 3. The van der Waals surface area contributed by atoms with Crippen LogP contribution in [0.3, 0.4) is 0 Å². The normalized spacial score (nSPS) is 14.8. The molecule has 0 saturated carbocycles. The van der Waals surface area contributed by atoms with Crippen molar-refractivity contribution < 1.29 is 0 Å². The Labute approximate surface area is 137 Å². The first-order valence-electron chi connectivity index (χ1n) is 8.17. The van der Waals surface area contributed by atoms with Gasteiger partial charge in [0.05, 0.1) is 11.3 Å². The van der Waals surface area contributed by atoms with E-state index >= 15 is 0 Å². The highest BCUT2D eigenvalue weighted by Gasteiger charge is 2.20. The molecule has 1 aliphatic heterocycles. The van der Waals surface area contributed by atoms with Crippen LogP contribution in [0.4, 0.5) is 5.82 Å². The molecule has 0 spiro atoms. The fourth-order valence-electron chi connectivity index (χ4n) is 3.01. The summed E-state index contributed by atoms with van der Waals surface area (Å²) >= 11 is 0. The molecular weight excluding hydrogens is 284 g/mol. The van der Waals surface area contributed by atoms with E-state index in [2.05, 4.69) is 42.3 Å². The van der Waals surface area contributed by atoms with Gasteiger partial charge in [0.25, 0.3) is 0 Å². The molecule has 2 heterocycles. The SMILES string of the molecule is CC(C)c1nc(N2CCNCC2)c(C#N)cc1-c1ccccc1. The predicted octanol–water partition coefficient (Wildman–Crippen LogP) is 3.15. The van der Waals surface area contributed by atoms with Crippen molar-refractivity contribution >= 4 is 5.82 Å². The van der Waals surface area contributed by atoms with Crippen LogP contribution in [0.25, 0.3) is 11.1 Å². The van der Waals surface area contributed by atoms with Gasteiger partial charge >= 0.3 is 0 Å². The van der Waals surface area contributed by atoms with Crippen LogP contribution in [-0.2, 0) is 0 Å². The molecule has 23 heavy (non-hydrogen) atoms. The number of nitriles is 1. The molecule has 2 aromatic rings. The Morgan fingerprint density at radius 3 is 2.48 bits per heavy atom. The highest BCUT2D eigenvalue weighted by Crippen LogP contribution is 2.32. The molecule has 0 aliphatic carbocycles. The first kappa shape index (κ1) is 15.5. The number of pyridine rings is 1. The van der Waals surface area contributed by atoms with E-state index in [-0.39, 0.29) is 0 Å². The second-order valence-corrected chi connectivity index (χ2v) is 6.16. The maximum Gasteiger partial charge on any atom is 0.146 e. The Kier molecular flexibility index (Phi) is 4.59. The summed E-state index contributed by atoms with van der Waals surface area (Å²) in [5.74, 6) is 1.14. The number of benzene rings is 1. The Morgan fingerprint density at radius 1 is 1.17 bits per heavy atom. The third-order valence-electron chi connectivity index (χ3n) is 4.20. The van der Waals surface area contributed by atoms with Crippen LogP contribution in [0, 0.1) is 11.3 Å². The maximum atomic E-state index is 9.62. The molecule has 1 aromatic carbocycles. The molecule has 0 amide bonds. The van der Waals surface area contributed by atoms with E-state index in [9.17, 15) is 5.26 Å². The number of piperazine rings is 1. The average Bonchev–Trinajstić information content (AvgIpc) is 2.62. The molecule has 1 aromatic heterocycles. The summed E-state index contributed by atoms with van der Waals surface area (Å²) in [5.41, 5.74) is 3.90. The minimum atomic E-state index is 0.305. The molecule has 0 bridgehead atoms. The summed E-state index contributed by atoms with van der Waals surface area (Å²) in [7, 11) is 0. The molecule has 0 atom stereocenters. The maximum absolute atomic E-state index is 9.62. The van der Waals surface area contributed by atoms with Crippen LogP contribution in [0.5, 0.6) is 0 Å². The van der Waals surface area contributed by atoms with Gasteiger partial charge in [0, 0.05) is 31.7 Å². The van der Waals surface area contributed by atoms with Crippen molar-refractivity contribution in [3.8, 4) is 17.2 Å². The van der Waals surface area contributed by atoms with Gasteiger partial charge in [0.15, 0.2) is 0 Å². The number of hydrogen-bond acceptors (Lipinski definition) is 4. The Hall–Kier alpha value is -2.38. The van der Waals surface area contributed by atoms with Crippen LogP contribution in [0.2, 0.25) is 0 Å². The highest BCUT2D eigenvalue weighted by atomic mass is 15.2. The zero-order valence-corrected chi connectivity index (χ0v) is 13.7. The van der Waals surface area contributed by atoms with Crippen molar-refractivity contribution in [1.82, 2.24) is 10.3 Å². The molecule has 1 fully saturated rings. The van der Waals surface area contributed by atoms with Crippen LogP contribution in [-0.4, -0.2) is 31.2 Å². The highest BCUT2D eigenvalue weighted by molar-refractivity contribution is 5.72. The summed E-state index contributed by atoms with van der Waals surface area (Å²) in [4.78, 5) is 7.14. The second-order valence-electron chi connectivity index (χ2n) is 6.16. The van der Waals surface area contributed by atoms with E-state index in [0.29, 0.717) is 11.5 Å². The summed E-state index contributed by atoms with van der Waals surface area (Å²) in [6.45, 7) is 7.96. The van der Waals surface area contributed by atoms with Crippen molar-refractivity contribution in [3.05, 3.63) is 47.7 Å². The van der Waals surface area contributed by atoms with Crippen LogP contribution in [0.1, 0.15) is 31.0 Å². The Bertz CT molecular complexity index is 710. The molecule has 0 radical (unpaired) electrons. The van der Waals surface area contributed by atoms with Crippen LogP contribution in [0.15, 0.2) is 36.4 Å². The largest absolute Gasteiger partial charge is 0.353 e. The lowest BCUT2D eigenvalue weighted by Crippen LogP contribution is -2.44. The van der Waals surface area contributed by atoms with Crippen molar-refractivity contribution in [2.24, 2.45) is 0 Å². The van der Waals surface area contributed by atoms with E-state index in [0.717, 1.165) is 48.8 Å². The van der Waals surface area contributed by atoms with Crippen molar-refractivity contribution in [2.45, 2.75) is 19.8 Å². The van der Waals surface area contributed by atoms with E-state index in [1.165, 1.54) is 0 Å². The van der Waals surface area contributed by atoms with Gasteiger partial charge in [-0.05, 0) is 17.5 Å². The molecule has 4 heteroatoms. The smallest absolute Gasteiger partial charge is 0.146 e. The number of aromatic nitrogens is 1. The number of hydrogen-bond donors (Lipinski definition) is 1. The lowest BCUT2D eigenvalue weighted by atomic mass is 9.96. The molecular formula is C19H22N4. The topological polar surface area (TPSA) is 52.0 Å². The Balaban J connectivity index is 2.13. The quantitative estimate of drug-likeness (QED) is 0.946. The molecule has 1 saturated heterocycles. The van der Waals surface area contributed by atoms with E-state index in [1.54, 1.807) is 0 Å². The predicted molar refractivity (Wildman–Crippen MR) is 93.6 cm³/mol. The van der Waals surface area contributed by atoms with Gasteiger partial charge in [0.1, 0.15) is 11.9 Å². The van der Waals surface area contributed by atoms with Gasteiger partial charge in [-0.1, -0.05) is 44.2 Å².